The second-order valence-electron chi connectivity index (χ2n) is 5.20. The topological polar surface area (TPSA) is 75.6 Å². The van der Waals surface area contributed by atoms with Crippen LogP contribution in [0.15, 0.2) is 24.3 Å². The van der Waals surface area contributed by atoms with E-state index in [1.165, 1.54) is 0 Å². The maximum absolute atomic E-state index is 11.8. The molecule has 1 fully saturated rings. The van der Waals surface area contributed by atoms with Crippen LogP contribution >= 0.6 is 0 Å². The molecule has 0 bridgehead atoms. The van der Waals surface area contributed by atoms with E-state index in [4.69, 9.17) is 9.84 Å². The number of benzene rings is 1. The first-order valence-corrected chi connectivity index (χ1v) is 6.76. The number of ether oxygens (including phenoxy) is 1. The van der Waals surface area contributed by atoms with Crippen LogP contribution in [-0.4, -0.2) is 29.1 Å². The number of hydrogen-bond acceptors (Lipinski definition) is 3. The van der Waals surface area contributed by atoms with Gasteiger partial charge in [-0.25, -0.2) is 4.79 Å². The van der Waals surface area contributed by atoms with Crippen molar-refractivity contribution >= 4 is 11.9 Å². The Morgan fingerprint density at radius 1 is 1.40 bits per heavy atom. The smallest absolute Gasteiger partial charge is 0.329 e. The number of aliphatic carboxylic acids is 1. The molecule has 5 nitrogen and oxygen atoms in total. The zero-order chi connectivity index (χ0) is 14.6. The van der Waals surface area contributed by atoms with Gasteiger partial charge in [0.2, 0.25) is 5.91 Å². The maximum Gasteiger partial charge on any atom is 0.329 e. The van der Waals surface area contributed by atoms with E-state index in [0.717, 1.165) is 17.7 Å². The van der Waals surface area contributed by atoms with Crippen molar-refractivity contribution in [2.45, 2.75) is 38.1 Å². The molecule has 1 aliphatic carbocycles. The van der Waals surface area contributed by atoms with Crippen molar-refractivity contribution in [1.29, 1.82) is 0 Å². The molecule has 108 valence electrons. The van der Waals surface area contributed by atoms with E-state index < -0.39 is 11.5 Å². The van der Waals surface area contributed by atoms with Crippen LogP contribution in [0.5, 0.6) is 5.75 Å². The lowest BCUT2D eigenvalue weighted by Gasteiger charge is -2.38. The molecule has 1 aromatic rings. The Hall–Kier alpha value is -2.04. The molecule has 1 amide bonds. The van der Waals surface area contributed by atoms with Crippen LogP contribution < -0.4 is 10.1 Å². The van der Waals surface area contributed by atoms with Gasteiger partial charge in [0, 0.05) is 0 Å². The summed E-state index contributed by atoms with van der Waals surface area (Å²) in [6.45, 7) is 2.21. The summed E-state index contributed by atoms with van der Waals surface area (Å²) in [5.74, 6) is -0.508. The normalized spacial score (nSPS) is 16.1. The number of carbonyl (C=O) groups excluding carboxylic acids is 1. The van der Waals surface area contributed by atoms with E-state index >= 15 is 0 Å². The third-order valence-electron chi connectivity index (χ3n) is 3.58. The summed E-state index contributed by atoms with van der Waals surface area (Å²) in [5.41, 5.74) is 0.0479. The van der Waals surface area contributed by atoms with Gasteiger partial charge in [-0.15, -0.1) is 0 Å². The first-order valence-electron chi connectivity index (χ1n) is 6.76. The van der Waals surface area contributed by atoms with Crippen LogP contribution in [0.1, 0.15) is 31.2 Å². The molecule has 1 aromatic carbocycles. The molecule has 0 aromatic heterocycles. The molecule has 0 spiro atoms. The van der Waals surface area contributed by atoms with E-state index in [1.807, 2.05) is 31.2 Å². The minimum atomic E-state index is -1.04. The second kappa shape index (κ2) is 5.94. The standard InChI is InChI=1S/C15H19NO4/c1-11-4-2-5-12(10-11)20-9-6-13(17)16-15(14(18)19)7-3-8-15/h2,4-5,10H,3,6-9H2,1H3,(H,16,17)(H,18,19). The molecule has 1 saturated carbocycles. The van der Waals surface area contributed by atoms with Gasteiger partial charge in [0.25, 0.3) is 0 Å². The maximum atomic E-state index is 11.8. The average molecular weight is 277 g/mol. The van der Waals surface area contributed by atoms with Crippen molar-refractivity contribution in [3.8, 4) is 5.75 Å². The van der Waals surface area contributed by atoms with Gasteiger partial charge in [0.05, 0.1) is 13.0 Å². The van der Waals surface area contributed by atoms with Gasteiger partial charge in [0.15, 0.2) is 0 Å². The zero-order valence-electron chi connectivity index (χ0n) is 11.5. The van der Waals surface area contributed by atoms with Crippen molar-refractivity contribution in [3.63, 3.8) is 0 Å². The molecule has 0 saturated heterocycles. The highest BCUT2D eigenvalue weighted by molar-refractivity contribution is 5.87. The fraction of sp³-hybridized carbons (Fsp3) is 0.467. The Labute approximate surface area is 117 Å². The van der Waals surface area contributed by atoms with Crippen molar-refractivity contribution in [3.05, 3.63) is 29.8 Å². The molecule has 1 aliphatic rings. The Kier molecular flexibility index (Phi) is 4.27. The highest BCUT2D eigenvalue weighted by Gasteiger charge is 2.45. The number of aryl methyl sites for hydroxylation is 1. The van der Waals surface area contributed by atoms with Crippen molar-refractivity contribution in [1.82, 2.24) is 5.32 Å². The number of carboxylic acids is 1. The van der Waals surface area contributed by atoms with Crippen LogP contribution in [0.25, 0.3) is 0 Å². The minimum Gasteiger partial charge on any atom is -0.493 e. The molecule has 0 aliphatic heterocycles. The molecule has 2 rings (SSSR count). The summed E-state index contributed by atoms with van der Waals surface area (Å²) in [7, 11) is 0. The number of hydrogen-bond donors (Lipinski definition) is 2. The molecule has 0 atom stereocenters. The van der Waals surface area contributed by atoms with Crippen LogP contribution in [0.3, 0.4) is 0 Å². The lowest BCUT2D eigenvalue weighted by molar-refractivity contribution is -0.151. The molecule has 0 radical (unpaired) electrons. The van der Waals surface area contributed by atoms with Gasteiger partial charge < -0.3 is 15.2 Å². The average Bonchev–Trinajstić information content (AvgIpc) is 2.33. The summed E-state index contributed by atoms with van der Waals surface area (Å²) >= 11 is 0. The van der Waals surface area contributed by atoms with Crippen LogP contribution in [0.4, 0.5) is 0 Å². The summed E-state index contributed by atoms with van der Waals surface area (Å²) in [6.07, 6.45) is 2.01. The molecule has 0 heterocycles. The first kappa shape index (κ1) is 14.4. The molecule has 5 heteroatoms. The number of carbonyl (C=O) groups is 2. The fourth-order valence-corrected chi connectivity index (χ4v) is 2.22. The Morgan fingerprint density at radius 2 is 2.15 bits per heavy atom. The van der Waals surface area contributed by atoms with Gasteiger partial charge in [-0.05, 0) is 43.9 Å². The van der Waals surface area contributed by atoms with Crippen molar-refractivity contribution in [2.75, 3.05) is 6.61 Å². The highest BCUT2D eigenvalue weighted by Crippen LogP contribution is 2.32. The third kappa shape index (κ3) is 3.29. The number of rotatable bonds is 6. The number of nitrogens with one attached hydrogen (secondary N) is 1. The Morgan fingerprint density at radius 3 is 2.70 bits per heavy atom. The molecular weight excluding hydrogens is 258 g/mol. The summed E-state index contributed by atoms with van der Waals surface area (Å²) in [4.78, 5) is 22.9. The zero-order valence-corrected chi connectivity index (χ0v) is 11.5. The monoisotopic (exact) mass is 277 g/mol. The second-order valence-corrected chi connectivity index (χ2v) is 5.20. The van der Waals surface area contributed by atoms with Crippen LogP contribution in [0, 0.1) is 6.92 Å². The Bertz CT molecular complexity index is 508. The van der Waals surface area contributed by atoms with Crippen LogP contribution in [0.2, 0.25) is 0 Å². The fourth-order valence-electron chi connectivity index (χ4n) is 2.22. The molecule has 2 N–H and O–H groups in total. The molecule has 20 heavy (non-hydrogen) atoms. The number of amides is 1. The SMILES string of the molecule is Cc1cccc(OCCC(=O)NC2(C(=O)O)CCC2)c1. The van der Waals surface area contributed by atoms with E-state index in [-0.39, 0.29) is 18.9 Å². The van der Waals surface area contributed by atoms with Gasteiger partial charge in [0.1, 0.15) is 11.3 Å². The largest absolute Gasteiger partial charge is 0.493 e. The van der Waals surface area contributed by atoms with E-state index in [1.54, 1.807) is 0 Å². The first-order chi connectivity index (χ1) is 9.52. The molecular formula is C15H19NO4. The predicted octanol–water partition coefficient (Wildman–Crippen LogP) is 1.89. The lowest BCUT2D eigenvalue weighted by Crippen LogP contribution is -2.59. The summed E-state index contributed by atoms with van der Waals surface area (Å²) in [5, 5.41) is 11.7. The van der Waals surface area contributed by atoms with Gasteiger partial charge >= 0.3 is 5.97 Å². The quantitative estimate of drug-likeness (QED) is 0.832. The van der Waals surface area contributed by atoms with E-state index in [0.29, 0.717) is 12.8 Å². The minimum absolute atomic E-state index is 0.156. The van der Waals surface area contributed by atoms with Crippen LogP contribution in [-0.2, 0) is 9.59 Å². The third-order valence-corrected chi connectivity index (χ3v) is 3.58. The van der Waals surface area contributed by atoms with E-state index in [2.05, 4.69) is 5.32 Å². The van der Waals surface area contributed by atoms with Gasteiger partial charge in [-0.1, -0.05) is 12.1 Å². The predicted molar refractivity (Wildman–Crippen MR) is 73.7 cm³/mol. The van der Waals surface area contributed by atoms with Gasteiger partial charge in [-0.3, -0.25) is 4.79 Å². The van der Waals surface area contributed by atoms with Crippen molar-refractivity contribution in [2.24, 2.45) is 0 Å². The summed E-state index contributed by atoms with van der Waals surface area (Å²) in [6, 6.07) is 7.57. The highest BCUT2D eigenvalue weighted by atomic mass is 16.5. The van der Waals surface area contributed by atoms with Gasteiger partial charge in [-0.2, -0.15) is 0 Å². The lowest BCUT2D eigenvalue weighted by atomic mass is 9.76. The molecule has 0 unspecified atom stereocenters. The van der Waals surface area contributed by atoms with E-state index in [9.17, 15) is 9.59 Å². The Balaban J connectivity index is 1.77. The number of carboxylic acid groups (broad SMARTS) is 1. The summed E-state index contributed by atoms with van der Waals surface area (Å²) < 4.78 is 5.48. The van der Waals surface area contributed by atoms with Crippen molar-refractivity contribution < 1.29 is 19.4 Å².